The fourth-order valence-corrected chi connectivity index (χ4v) is 4.08. The van der Waals surface area contributed by atoms with Crippen LogP contribution in [-0.2, 0) is 10.0 Å². The molecule has 1 aliphatic rings. The normalized spacial score (nSPS) is 17.4. The fraction of sp³-hybridized carbons (Fsp3) is 0.571. The minimum absolute atomic E-state index is 0.0446. The molecule has 1 aromatic rings. The first-order valence-electron chi connectivity index (χ1n) is 6.69. The van der Waals surface area contributed by atoms with E-state index in [9.17, 15) is 8.42 Å². The number of hydrogen-bond acceptors (Lipinski definition) is 3. The largest absolute Gasteiger partial charge is 0.398 e. The topological polar surface area (TPSA) is 72.2 Å². The molecule has 1 aliphatic carbocycles. The van der Waals surface area contributed by atoms with Gasteiger partial charge in [-0.1, -0.05) is 18.9 Å². The van der Waals surface area contributed by atoms with Gasteiger partial charge in [0.2, 0.25) is 10.0 Å². The molecule has 1 unspecified atom stereocenters. The van der Waals surface area contributed by atoms with Crippen molar-refractivity contribution in [3.05, 3.63) is 23.3 Å². The van der Waals surface area contributed by atoms with E-state index in [0.717, 1.165) is 17.5 Å². The first kappa shape index (κ1) is 14.3. The van der Waals surface area contributed by atoms with Crippen molar-refractivity contribution >= 4 is 15.7 Å². The van der Waals surface area contributed by atoms with Crippen LogP contribution in [0.5, 0.6) is 0 Å². The maximum atomic E-state index is 12.4. The first-order valence-corrected chi connectivity index (χ1v) is 8.17. The summed E-state index contributed by atoms with van der Waals surface area (Å²) >= 11 is 0. The molecule has 4 nitrogen and oxygen atoms in total. The minimum Gasteiger partial charge on any atom is -0.398 e. The third kappa shape index (κ3) is 3.28. The number of rotatable bonds is 5. The predicted octanol–water partition coefficient (Wildman–Crippen LogP) is 2.35. The third-order valence-electron chi connectivity index (χ3n) is 3.72. The van der Waals surface area contributed by atoms with E-state index in [1.54, 1.807) is 13.0 Å². The average Bonchev–Trinajstić information content (AvgIpc) is 3.06. The van der Waals surface area contributed by atoms with E-state index in [2.05, 4.69) is 4.72 Å². The van der Waals surface area contributed by atoms with Gasteiger partial charge in [-0.25, -0.2) is 13.1 Å². The van der Waals surface area contributed by atoms with Gasteiger partial charge in [-0.2, -0.15) is 0 Å². The fourth-order valence-electron chi connectivity index (χ4n) is 2.39. The van der Waals surface area contributed by atoms with E-state index in [1.807, 2.05) is 19.9 Å². The second kappa shape index (κ2) is 5.13. The molecule has 106 valence electrons. The van der Waals surface area contributed by atoms with Crippen LogP contribution in [0.1, 0.15) is 37.3 Å². The Hall–Kier alpha value is -1.07. The van der Waals surface area contributed by atoms with E-state index >= 15 is 0 Å². The molecule has 0 heterocycles. The summed E-state index contributed by atoms with van der Waals surface area (Å²) in [5, 5.41) is 0. The molecule has 0 saturated heterocycles. The minimum atomic E-state index is -3.54. The van der Waals surface area contributed by atoms with Crippen LogP contribution in [-0.4, -0.2) is 14.5 Å². The van der Waals surface area contributed by atoms with Crippen molar-refractivity contribution in [1.29, 1.82) is 0 Å². The number of nitrogens with two attached hydrogens (primary N) is 1. The smallest absolute Gasteiger partial charge is 0.243 e. The van der Waals surface area contributed by atoms with Gasteiger partial charge in [0.1, 0.15) is 4.90 Å². The van der Waals surface area contributed by atoms with Crippen LogP contribution in [0, 0.1) is 19.8 Å². The van der Waals surface area contributed by atoms with Crippen LogP contribution >= 0.6 is 0 Å². The molecule has 0 radical (unpaired) electrons. The van der Waals surface area contributed by atoms with E-state index in [4.69, 9.17) is 5.73 Å². The molecule has 1 saturated carbocycles. The van der Waals surface area contributed by atoms with Crippen LogP contribution in [0.15, 0.2) is 17.0 Å². The second-order valence-corrected chi connectivity index (χ2v) is 7.28. The van der Waals surface area contributed by atoms with Crippen molar-refractivity contribution in [2.24, 2.45) is 5.92 Å². The summed E-state index contributed by atoms with van der Waals surface area (Å²) < 4.78 is 27.6. The molecule has 2 rings (SSSR count). The highest BCUT2D eigenvalue weighted by atomic mass is 32.2. The standard InChI is InChI=1S/C14H22N2O2S/c1-9-4-7-13(15)14(11(9)3)19(17,18)16-10(2)8-12-5-6-12/h4,7,10,12,16H,5-6,8,15H2,1-3H3. The summed E-state index contributed by atoms with van der Waals surface area (Å²) in [5.74, 6) is 0.689. The highest BCUT2D eigenvalue weighted by Crippen LogP contribution is 2.34. The zero-order valence-corrected chi connectivity index (χ0v) is 12.5. The SMILES string of the molecule is Cc1ccc(N)c(S(=O)(=O)NC(C)CC2CC2)c1C. The summed E-state index contributed by atoms with van der Waals surface area (Å²) in [4.78, 5) is 0.232. The molecule has 19 heavy (non-hydrogen) atoms. The zero-order valence-electron chi connectivity index (χ0n) is 11.7. The van der Waals surface area contributed by atoms with Gasteiger partial charge in [-0.3, -0.25) is 0 Å². The Morgan fingerprint density at radius 3 is 2.58 bits per heavy atom. The van der Waals surface area contributed by atoms with Gasteiger partial charge in [-0.05, 0) is 50.3 Å². The first-order chi connectivity index (χ1) is 8.81. The highest BCUT2D eigenvalue weighted by Gasteiger charge is 2.28. The molecule has 0 bridgehead atoms. The number of hydrogen-bond donors (Lipinski definition) is 2. The van der Waals surface area contributed by atoms with E-state index in [0.29, 0.717) is 11.6 Å². The summed E-state index contributed by atoms with van der Waals surface area (Å²) in [6, 6.07) is 3.46. The molecular weight excluding hydrogens is 260 g/mol. The maximum Gasteiger partial charge on any atom is 0.243 e. The van der Waals surface area contributed by atoms with Gasteiger partial charge < -0.3 is 5.73 Å². The molecule has 3 N–H and O–H groups in total. The number of nitrogen functional groups attached to an aromatic ring is 1. The van der Waals surface area contributed by atoms with Gasteiger partial charge in [0.05, 0.1) is 5.69 Å². The maximum absolute atomic E-state index is 12.4. The lowest BCUT2D eigenvalue weighted by Crippen LogP contribution is -2.33. The van der Waals surface area contributed by atoms with Crippen LogP contribution in [0.25, 0.3) is 0 Å². The van der Waals surface area contributed by atoms with E-state index < -0.39 is 10.0 Å². The van der Waals surface area contributed by atoms with Gasteiger partial charge in [0, 0.05) is 6.04 Å². The molecule has 0 aromatic heterocycles. The molecule has 0 amide bonds. The molecule has 0 aliphatic heterocycles. The Labute approximate surface area is 115 Å². The molecule has 1 aromatic carbocycles. The summed E-state index contributed by atoms with van der Waals surface area (Å²) in [5.41, 5.74) is 7.82. The van der Waals surface area contributed by atoms with Gasteiger partial charge in [-0.15, -0.1) is 0 Å². The highest BCUT2D eigenvalue weighted by molar-refractivity contribution is 7.89. The number of sulfonamides is 1. The van der Waals surface area contributed by atoms with Crippen molar-refractivity contribution in [2.75, 3.05) is 5.73 Å². The van der Waals surface area contributed by atoms with Crippen LogP contribution in [0.4, 0.5) is 5.69 Å². The Balaban J connectivity index is 2.25. The van der Waals surface area contributed by atoms with Gasteiger partial charge in [0.25, 0.3) is 0 Å². The van der Waals surface area contributed by atoms with Gasteiger partial charge >= 0.3 is 0 Å². The summed E-state index contributed by atoms with van der Waals surface area (Å²) in [6.45, 7) is 5.60. The van der Waals surface area contributed by atoms with Crippen molar-refractivity contribution in [2.45, 2.75) is 51.0 Å². The van der Waals surface area contributed by atoms with E-state index in [-0.39, 0.29) is 10.9 Å². The Kier molecular flexibility index (Phi) is 3.87. The number of nitrogens with one attached hydrogen (secondary N) is 1. The lowest BCUT2D eigenvalue weighted by molar-refractivity contribution is 0.530. The van der Waals surface area contributed by atoms with Crippen molar-refractivity contribution in [1.82, 2.24) is 4.72 Å². The average molecular weight is 282 g/mol. The predicted molar refractivity (Wildman–Crippen MR) is 77.5 cm³/mol. The quantitative estimate of drug-likeness (QED) is 0.814. The van der Waals surface area contributed by atoms with Crippen molar-refractivity contribution < 1.29 is 8.42 Å². The molecular formula is C14H22N2O2S. The lowest BCUT2D eigenvalue weighted by Gasteiger charge is -2.17. The van der Waals surface area contributed by atoms with Crippen LogP contribution in [0.3, 0.4) is 0 Å². The van der Waals surface area contributed by atoms with Crippen molar-refractivity contribution in [3.8, 4) is 0 Å². The molecule has 0 spiro atoms. The van der Waals surface area contributed by atoms with E-state index in [1.165, 1.54) is 12.8 Å². The summed E-state index contributed by atoms with van der Waals surface area (Å²) in [6.07, 6.45) is 3.35. The molecule has 5 heteroatoms. The Morgan fingerprint density at radius 1 is 1.37 bits per heavy atom. The second-order valence-electron chi connectivity index (χ2n) is 5.63. The number of benzene rings is 1. The Morgan fingerprint density at radius 2 is 2.00 bits per heavy atom. The third-order valence-corrected chi connectivity index (χ3v) is 5.51. The summed E-state index contributed by atoms with van der Waals surface area (Å²) in [7, 11) is -3.54. The Bertz CT molecular complexity index is 577. The zero-order chi connectivity index (χ0) is 14.2. The van der Waals surface area contributed by atoms with Crippen molar-refractivity contribution in [3.63, 3.8) is 0 Å². The monoisotopic (exact) mass is 282 g/mol. The van der Waals surface area contributed by atoms with Crippen LogP contribution in [0.2, 0.25) is 0 Å². The number of anilines is 1. The van der Waals surface area contributed by atoms with Crippen LogP contribution < -0.4 is 10.5 Å². The van der Waals surface area contributed by atoms with Gasteiger partial charge in [0.15, 0.2) is 0 Å². The molecule has 1 atom stereocenters. The molecule has 1 fully saturated rings. The lowest BCUT2D eigenvalue weighted by atomic mass is 10.1. The number of aryl methyl sites for hydroxylation is 1.